The lowest BCUT2D eigenvalue weighted by atomic mass is 10.0. The Morgan fingerprint density at radius 3 is 2.11 bits per heavy atom. The van der Waals surface area contributed by atoms with Gasteiger partial charge in [0.15, 0.2) is 47.0 Å². The van der Waals surface area contributed by atoms with Gasteiger partial charge in [0.2, 0.25) is 0 Å². The second-order valence-electron chi connectivity index (χ2n) is 7.61. The number of nitrogens with zero attached hydrogens (tertiary/aromatic N) is 3. The smallest absolute Gasteiger partial charge is 0.303 e. The summed E-state index contributed by atoms with van der Waals surface area (Å²) in [5.41, 5.74) is -0.645. The molecule has 14 heteroatoms. The molecule has 1 aliphatic rings. The van der Waals surface area contributed by atoms with E-state index in [1.165, 1.54) is 44.1 Å². The molecule has 0 unspecified atom stereocenters. The Morgan fingerprint density at radius 1 is 1.03 bits per heavy atom. The monoisotopic (exact) mass is 512 g/mol. The minimum Gasteiger partial charge on any atom is -0.456 e. The minimum absolute atomic E-state index is 0.0484. The fourth-order valence-electron chi connectivity index (χ4n) is 3.20. The number of hydrogen-bond acceptors (Lipinski definition) is 13. The molecule has 0 amide bonds. The molecule has 0 radical (unpaired) electrons. The summed E-state index contributed by atoms with van der Waals surface area (Å²) in [6.07, 6.45) is -3.03. The van der Waals surface area contributed by atoms with Gasteiger partial charge < -0.3 is 24.3 Å². The van der Waals surface area contributed by atoms with Gasteiger partial charge >= 0.3 is 17.9 Å². The summed E-state index contributed by atoms with van der Waals surface area (Å²) in [7, 11) is 1.51. The third kappa shape index (κ3) is 7.11. The van der Waals surface area contributed by atoms with Crippen LogP contribution in [-0.4, -0.2) is 76.4 Å². The predicted molar refractivity (Wildman–Crippen MR) is 125 cm³/mol. The molecule has 1 aromatic heterocycles. The number of hydrogen-bond donors (Lipinski definition) is 1. The van der Waals surface area contributed by atoms with Crippen LogP contribution < -0.4 is 10.9 Å². The normalized spacial score (nSPS) is 22.2. The van der Waals surface area contributed by atoms with Crippen molar-refractivity contribution < 1.29 is 38.1 Å². The molecule has 1 aliphatic heterocycles. The molecule has 192 valence electrons. The van der Waals surface area contributed by atoms with Crippen molar-refractivity contribution in [2.24, 2.45) is 12.0 Å². The van der Waals surface area contributed by atoms with Crippen LogP contribution in [0.3, 0.4) is 0 Å². The van der Waals surface area contributed by atoms with Crippen LogP contribution in [0.4, 0.5) is 11.5 Å². The van der Waals surface area contributed by atoms with Crippen molar-refractivity contribution in [3.8, 4) is 0 Å². The Balaban J connectivity index is 2.59. The van der Waals surface area contributed by atoms with Gasteiger partial charge in [-0.15, -0.1) is 0 Å². The molecule has 1 aromatic rings. The van der Waals surface area contributed by atoms with Gasteiger partial charge in [0, 0.05) is 34.7 Å². The molecule has 35 heavy (non-hydrogen) atoms. The molecule has 0 aliphatic carbocycles. The van der Waals surface area contributed by atoms with Crippen LogP contribution in [0.1, 0.15) is 34.6 Å². The third-order valence-electron chi connectivity index (χ3n) is 4.83. The lowest BCUT2D eigenvalue weighted by molar-refractivity contribution is -0.221. The van der Waals surface area contributed by atoms with Gasteiger partial charge in [0.1, 0.15) is 0 Å². The molecule has 1 saturated heterocycles. The number of ether oxygens (including phenoxy) is 4. The first-order chi connectivity index (χ1) is 16.3. The SMILES string of the molecule is CSc1nc(N[C@@H]2OC[C@@H](OC(C)=O)[C@@H](OC(C)=O)[C@H]2OC(C)=O)c(N=C(C)C(C)=O)c(=O)n1C. The third-order valence-corrected chi connectivity index (χ3v) is 5.56. The number of esters is 3. The topological polar surface area (TPSA) is 164 Å². The summed E-state index contributed by atoms with van der Waals surface area (Å²) in [6.45, 7) is 6.00. The van der Waals surface area contributed by atoms with E-state index in [1.807, 2.05) is 0 Å². The maximum Gasteiger partial charge on any atom is 0.303 e. The maximum atomic E-state index is 13.0. The number of rotatable bonds is 8. The minimum atomic E-state index is -1.29. The van der Waals surface area contributed by atoms with Crippen LogP contribution >= 0.6 is 11.8 Å². The second-order valence-corrected chi connectivity index (χ2v) is 8.38. The summed E-state index contributed by atoms with van der Waals surface area (Å²) in [5.74, 6) is -2.48. The van der Waals surface area contributed by atoms with Crippen molar-refractivity contribution in [2.75, 3.05) is 18.2 Å². The Kier molecular flexibility index (Phi) is 9.54. The van der Waals surface area contributed by atoms with Crippen molar-refractivity contribution in [1.29, 1.82) is 0 Å². The molecule has 1 N–H and O–H groups in total. The van der Waals surface area contributed by atoms with Gasteiger partial charge in [-0.2, -0.15) is 0 Å². The van der Waals surface area contributed by atoms with Gasteiger partial charge in [0.05, 0.1) is 12.3 Å². The van der Waals surface area contributed by atoms with Crippen molar-refractivity contribution in [1.82, 2.24) is 9.55 Å². The number of aromatic nitrogens is 2. The van der Waals surface area contributed by atoms with Gasteiger partial charge in [-0.25, -0.2) is 9.98 Å². The summed E-state index contributed by atoms with van der Waals surface area (Å²) in [5, 5.41) is 3.21. The van der Waals surface area contributed by atoms with Crippen molar-refractivity contribution >= 4 is 52.7 Å². The van der Waals surface area contributed by atoms with Crippen LogP contribution in [0.2, 0.25) is 0 Å². The van der Waals surface area contributed by atoms with Crippen LogP contribution in [0.15, 0.2) is 14.9 Å². The molecular weight excluding hydrogens is 484 g/mol. The molecule has 13 nitrogen and oxygen atoms in total. The lowest BCUT2D eigenvalue weighted by Crippen LogP contribution is -2.59. The van der Waals surface area contributed by atoms with Crippen molar-refractivity contribution in [2.45, 2.75) is 64.3 Å². The average molecular weight is 513 g/mol. The molecule has 0 aromatic carbocycles. The largest absolute Gasteiger partial charge is 0.456 e. The van der Waals surface area contributed by atoms with E-state index in [-0.39, 0.29) is 29.6 Å². The first-order valence-corrected chi connectivity index (χ1v) is 11.7. The van der Waals surface area contributed by atoms with Crippen LogP contribution in [0.25, 0.3) is 0 Å². The Labute approximate surface area is 205 Å². The molecule has 1 fully saturated rings. The van der Waals surface area contributed by atoms with Gasteiger partial charge in [-0.3, -0.25) is 28.5 Å². The molecule has 2 heterocycles. The molecule has 4 atom stereocenters. The number of Topliss-reactive ketones (excluding diaryl/α,β-unsaturated/α-hetero) is 1. The zero-order valence-corrected chi connectivity index (χ0v) is 21.3. The van der Waals surface area contributed by atoms with E-state index >= 15 is 0 Å². The number of ketones is 1. The van der Waals surface area contributed by atoms with E-state index in [4.69, 9.17) is 18.9 Å². The number of thioether (sulfide) groups is 1. The van der Waals surface area contributed by atoms with Crippen LogP contribution in [0, 0.1) is 0 Å². The standard InChI is InChI=1S/C21H28N4O9S/c1-9(10(2)26)22-15-18(24-21(35-7)25(6)20(15)30)23-19-17(34-13(5)29)16(33-12(4)28)14(8-31-19)32-11(3)27/h14,16-17,19,23H,8H2,1-7H3/t14-,16-,17-,19-/m1/s1. The first kappa shape index (κ1) is 28.0. The zero-order valence-electron chi connectivity index (χ0n) is 20.4. The van der Waals surface area contributed by atoms with E-state index in [9.17, 15) is 24.0 Å². The highest BCUT2D eigenvalue weighted by atomic mass is 32.2. The predicted octanol–water partition coefficient (Wildman–Crippen LogP) is 0.747. The Hall–Kier alpha value is -3.26. The van der Waals surface area contributed by atoms with Gasteiger partial charge in [-0.1, -0.05) is 11.8 Å². The van der Waals surface area contributed by atoms with Gasteiger partial charge in [0.25, 0.3) is 5.56 Å². The highest BCUT2D eigenvalue weighted by Gasteiger charge is 2.47. The second kappa shape index (κ2) is 11.9. The fraction of sp³-hybridized carbons (Fsp3) is 0.571. The van der Waals surface area contributed by atoms with Gasteiger partial charge in [-0.05, 0) is 13.2 Å². The number of carbonyl (C=O) groups is 4. The van der Waals surface area contributed by atoms with Crippen molar-refractivity contribution in [3.05, 3.63) is 10.4 Å². The van der Waals surface area contributed by atoms with Crippen molar-refractivity contribution in [3.63, 3.8) is 0 Å². The van der Waals surface area contributed by atoms with E-state index in [0.29, 0.717) is 5.16 Å². The first-order valence-electron chi connectivity index (χ1n) is 10.5. The summed E-state index contributed by atoms with van der Waals surface area (Å²) in [6, 6.07) is 0. The fourth-order valence-corrected chi connectivity index (χ4v) is 3.74. The zero-order chi connectivity index (χ0) is 26.4. The van der Waals surface area contributed by atoms with E-state index in [2.05, 4.69) is 15.3 Å². The number of carbonyl (C=O) groups excluding carboxylic acids is 4. The maximum absolute atomic E-state index is 13.0. The number of aliphatic imine (C=N–C) groups is 1. The lowest BCUT2D eigenvalue weighted by Gasteiger charge is -2.40. The molecule has 2 rings (SSSR count). The van der Waals surface area contributed by atoms with E-state index < -0.39 is 48.0 Å². The number of anilines is 1. The summed E-state index contributed by atoms with van der Waals surface area (Å²) >= 11 is 1.19. The van der Waals surface area contributed by atoms with E-state index in [1.54, 1.807) is 6.26 Å². The quantitative estimate of drug-likeness (QED) is 0.171. The molecular formula is C21H28N4O9S. The van der Waals surface area contributed by atoms with E-state index in [0.717, 1.165) is 13.8 Å². The average Bonchev–Trinajstić information content (AvgIpc) is 2.75. The van der Waals surface area contributed by atoms with Crippen LogP contribution in [0.5, 0.6) is 0 Å². The number of nitrogens with one attached hydrogen (secondary N) is 1. The Bertz CT molecular complexity index is 1100. The Morgan fingerprint density at radius 2 is 1.60 bits per heavy atom. The highest BCUT2D eigenvalue weighted by molar-refractivity contribution is 7.98. The molecule has 0 spiro atoms. The summed E-state index contributed by atoms with van der Waals surface area (Å²) < 4.78 is 22.9. The summed E-state index contributed by atoms with van der Waals surface area (Å²) in [4.78, 5) is 68.5. The highest BCUT2D eigenvalue weighted by Crippen LogP contribution is 2.29. The molecule has 0 saturated carbocycles. The molecule has 0 bridgehead atoms. The van der Waals surface area contributed by atoms with Crippen LogP contribution in [-0.2, 0) is 45.2 Å².